The maximum Gasteiger partial charge on any atom is 0.225 e. The predicted molar refractivity (Wildman–Crippen MR) is 60.6 cm³/mol. The summed E-state index contributed by atoms with van der Waals surface area (Å²) >= 11 is -0.853. The lowest BCUT2D eigenvalue weighted by Crippen LogP contribution is -2.44. The van der Waals surface area contributed by atoms with Gasteiger partial charge in [0.2, 0.25) is 5.91 Å². The molecule has 0 radical (unpaired) electrons. The van der Waals surface area contributed by atoms with Gasteiger partial charge in [-0.15, -0.1) is 0 Å². The average molecular weight is 219 g/mol. The molecule has 0 aliphatic rings. The summed E-state index contributed by atoms with van der Waals surface area (Å²) in [5, 5.41) is 2.91. The van der Waals surface area contributed by atoms with Crippen LogP contribution in [0.5, 0.6) is 0 Å². The van der Waals surface area contributed by atoms with Crippen molar-refractivity contribution >= 4 is 17.1 Å². The lowest BCUT2D eigenvalue weighted by atomic mass is 9.95. The Morgan fingerprint density at radius 3 is 2.29 bits per heavy atom. The van der Waals surface area contributed by atoms with E-state index in [1.807, 2.05) is 27.7 Å². The SMILES string of the molecule is CCC(C[S+](C)[O-])NC(=O)C(C)(C)C. The second kappa shape index (κ2) is 5.61. The molecule has 3 nitrogen and oxygen atoms in total. The zero-order valence-electron chi connectivity index (χ0n) is 9.72. The Labute approximate surface area is 89.8 Å². The molecular formula is C10H21NO2S. The molecule has 2 unspecified atom stereocenters. The van der Waals surface area contributed by atoms with Gasteiger partial charge in [-0.3, -0.25) is 4.79 Å². The minimum Gasteiger partial charge on any atom is -0.616 e. The van der Waals surface area contributed by atoms with Crippen molar-refractivity contribution < 1.29 is 9.35 Å². The minimum atomic E-state index is -0.853. The summed E-state index contributed by atoms with van der Waals surface area (Å²) in [7, 11) is 0. The molecule has 0 saturated heterocycles. The molecule has 0 spiro atoms. The van der Waals surface area contributed by atoms with Gasteiger partial charge < -0.3 is 9.87 Å². The smallest absolute Gasteiger partial charge is 0.225 e. The third kappa shape index (κ3) is 5.50. The molecule has 1 N–H and O–H groups in total. The van der Waals surface area contributed by atoms with Crippen molar-refractivity contribution in [1.29, 1.82) is 0 Å². The van der Waals surface area contributed by atoms with Crippen LogP contribution in [0, 0.1) is 5.41 Å². The van der Waals surface area contributed by atoms with Crippen LogP contribution >= 0.6 is 0 Å². The van der Waals surface area contributed by atoms with Crippen molar-refractivity contribution in [1.82, 2.24) is 5.32 Å². The standard InChI is InChI=1S/C10H21NO2S/c1-6-8(7-14(5)13)11-9(12)10(2,3)4/h8H,6-7H2,1-5H3,(H,11,12). The van der Waals surface area contributed by atoms with Crippen LogP contribution in [0.3, 0.4) is 0 Å². The second-order valence-corrected chi connectivity index (χ2v) is 6.05. The molecule has 0 rings (SSSR count). The first-order valence-electron chi connectivity index (χ1n) is 4.88. The van der Waals surface area contributed by atoms with Crippen LogP contribution in [-0.4, -0.2) is 28.5 Å². The maximum atomic E-state index is 11.6. The molecule has 0 saturated carbocycles. The van der Waals surface area contributed by atoms with Crippen molar-refractivity contribution in [3.05, 3.63) is 0 Å². The number of rotatable bonds is 4. The first-order valence-corrected chi connectivity index (χ1v) is 6.61. The Hall–Kier alpha value is -0.220. The molecule has 0 heterocycles. The van der Waals surface area contributed by atoms with E-state index in [-0.39, 0.29) is 17.4 Å². The maximum absolute atomic E-state index is 11.6. The van der Waals surface area contributed by atoms with Gasteiger partial charge in [0.05, 0.1) is 12.3 Å². The van der Waals surface area contributed by atoms with E-state index in [0.717, 1.165) is 6.42 Å². The minimum absolute atomic E-state index is 0.0230. The Balaban J connectivity index is 4.12. The van der Waals surface area contributed by atoms with E-state index in [0.29, 0.717) is 5.75 Å². The zero-order chi connectivity index (χ0) is 11.4. The van der Waals surface area contributed by atoms with Crippen LogP contribution in [0.15, 0.2) is 0 Å². The molecule has 0 fully saturated rings. The van der Waals surface area contributed by atoms with Gasteiger partial charge >= 0.3 is 0 Å². The van der Waals surface area contributed by atoms with Gasteiger partial charge in [0.15, 0.2) is 0 Å². The third-order valence-corrected chi connectivity index (χ3v) is 2.82. The van der Waals surface area contributed by atoms with Crippen LogP contribution in [0.2, 0.25) is 0 Å². The summed E-state index contributed by atoms with van der Waals surface area (Å²) in [4.78, 5) is 11.6. The van der Waals surface area contributed by atoms with E-state index in [4.69, 9.17) is 0 Å². The lowest BCUT2D eigenvalue weighted by molar-refractivity contribution is -0.129. The van der Waals surface area contributed by atoms with Gasteiger partial charge in [0, 0.05) is 5.41 Å². The Morgan fingerprint density at radius 1 is 1.50 bits per heavy atom. The van der Waals surface area contributed by atoms with Crippen LogP contribution in [0.4, 0.5) is 0 Å². The summed E-state index contributed by atoms with van der Waals surface area (Å²) in [5.74, 6) is 0.563. The number of amides is 1. The van der Waals surface area contributed by atoms with Gasteiger partial charge in [-0.05, 0) is 6.42 Å². The van der Waals surface area contributed by atoms with E-state index in [9.17, 15) is 9.35 Å². The quantitative estimate of drug-likeness (QED) is 0.725. The second-order valence-electron chi connectivity index (χ2n) is 4.57. The van der Waals surface area contributed by atoms with Gasteiger partial charge in [-0.1, -0.05) is 38.9 Å². The molecule has 0 bridgehead atoms. The van der Waals surface area contributed by atoms with Crippen molar-refractivity contribution in [2.45, 2.75) is 40.2 Å². The van der Waals surface area contributed by atoms with Gasteiger partial charge in [-0.2, -0.15) is 0 Å². The predicted octanol–water partition coefficient (Wildman–Crippen LogP) is 1.31. The van der Waals surface area contributed by atoms with E-state index >= 15 is 0 Å². The zero-order valence-corrected chi connectivity index (χ0v) is 10.5. The van der Waals surface area contributed by atoms with Crippen LogP contribution < -0.4 is 5.32 Å². The highest BCUT2D eigenvalue weighted by Gasteiger charge is 2.24. The molecule has 0 aliphatic heterocycles. The van der Waals surface area contributed by atoms with Crippen LogP contribution in [0.1, 0.15) is 34.1 Å². The molecule has 14 heavy (non-hydrogen) atoms. The molecule has 0 aliphatic carbocycles. The van der Waals surface area contributed by atoms with E-state index in [1.165, 1.54) is 0 Å². The highest BCUT2D eigenvalue weighted by atomic mass is 32.2. The number of hydrogen-bond acceptors (Lipinski definition) is 2. The van der Waals surface area contributed by atoms with Crippen molar-refractivity contribution in [3.63, 3.8) is 0 Å². The molecule has 4 heteroatoms. The van der Waals surface area contributed by atoms with Crippen LogP contribution in [-0.2, 0) is 16.0 Å². The number of carbonyl (C=O) groups excluding carboxylic acids is 1. The van der Waals surface area contributed by atoms with E-state index in [1.54, 1.807) is 6.26 Å². The molecule has 2 atom stereocenters. The third-order valence-electron chi connectivity index (χ3n) is 1.95. The number of hydrogen-bond donors (Lipinski definition) is 1. The fourth-order valence-electron chi connectivity index (χ4n) is 0.947. The van der Waals surface area contributed by atoms with E-state index < -0.39 is 11.2 Å². The Kier molecular flexibility index (Phi) is 5.52. The van der Waals surface area contributed by atoms with Crippen molar-refractivity contribution in [3.8, 4) is 0 Å². The topological polar surface area (TPSA) is 52.2 Å². The first kappa shape index (κ1) is 13.8. The monoisotopic (exact) mass is 219 g/mol. The number of carbonyl (C=O) groups is 1. The normalized spacial score (nSPS) is 16.1. The Morgan fingerprint density at radius 2 is 2.00 bits per heavy atom. The van der Waals surface area contributed by atoms with Crippen molar-refractivity contribution in [2.24, 2.45) is 5.41 Å². The highest BCUT2D eigenvalue weighted by Crippen LogP contribution is 2.13. The summed E-state index contributed by atoms with van der Waals surface area (Å²) in [6.07, 6.45) is 2.48. The fourth-order valence-corrected chi connectivity index (χ4v) is 1.83. The van der Waals surface area contributed by atoms with Gasteiger partial charge in [-0.25, -0.2) is 0 Å². The fraction of sp³-hybridized carbons (Fsp3) is 0.900. The average Bonchev–Trinajstić information content (AvgIpc) is 2.00. The molecular weight excluding hydrogens is 198 g/mol. The summed E-state index contributed by atoms with van der Waals surface area (Å²) < 4.78 is 11.0. The first-order chi connectivity index (χ1) is 6.27. The summed E-state index contributed by atoms with van der Waals surface area (Å²) in [6.45, 7) is 7.61. The number of nitrogens with one attached hydrogen (secondary N) is 1. The lowest BCUT2D eigenvalue weighted by Gasteiger charge is -2.23. The molecule has 0 aromatic rings. The molecule has 1 amide bonds. The van der Waals surface area contributed by atoms with E-state index in [2.05, 4.69) is 5.32 Å². The highest BCUT2D eigenvalue weighted by molar-refractivity contribution is 7.90. The summed E-state index contributed by atoms with van der Waals surface area (Å²) in [5.41, 5.74) is -0.372. The Bertz CT molecular complexity index is 187. The van der Waals surface area contributed by atoms with Crippen molar-refractivity contribution in [2.75, 3.05) is 12.0 Å². The molecule has 84 valence electrons. The molecule has 0 aromatic carbocycles. The molecule has 0 aromatic heterocycles. The van der Waals surface area contributed by atoms with Gasteiger partial charge in [0.25, 0.3) is 0 Å². The van der Waals surface area contributed by atoms with Gasteiger partial charge in [0.1, 0.15) is 5.75 Å². The largest absolute Gasteiger partial charge is 0.616 e. The van der Waals surface area contributed by atoms with Crippen LogP contribution in [0.25, 0.3) is 0 Å². The summed E-state index contributed by atoms with van der Waals surface area (Å²) in [6, 6.07) is 0.0348.